The van der Waals surface area contributed by atoms with Gasteiger partial charge in [0.1, 0.15) is 12.3 Å². The number of likely N-dealkylation sites (N-methyl/N-ethyl adjacent to an activating group) is 1. The van der Waals surface area contributed by atoms with Crippen LogP contribution in [0.1, 0.15) is 110 Å². The zero-order chi connectivity index (χ0) is 31.5. The Labute approximate surface area is 268 Å². The molecular weight excluding hydrogens is 566 g/mol. The van der Waals surface area contributed by atoms with Crippen molar-refractivity contribution < 1.29 is 14.7 Å². The first kappa shape index (κ1) is 32.2. The van der Waals surface area contributed by atoms with Gasteiger partial charge >= 0.3 is 5.97 Å². The van der Waals surface area contributed by atoms with Gasteiger partial charge in [-0.1, -0.05) is 44.5 Å². The molecule has 2 saturated heterocycles. The maximum atomic E-state index is 14.5. The molecule has 0 unspecified atom stereocenters. The van der Waals surface area contributed by atoms with Crippen LogP contribution in [0.25, 0.3) is 11.0 Å². The van der Waals surface area contributed by atoms with E-state index in [1.54, 1.807) is 0 Å². The van der Waals surface area contributed by atoms with Crippen molar-refractivity contribution >= 4 is 22.7 Å². The largest absolute Gasteiger partial charge is 0.481 e. The number of nitrogens with zero attached hydrogens (tertiary/aromatic N) is 5. The third-order valence-corrected chi connectivity index (χ3v) is 11.4. The van der Waals surface area contributed by atoms with E-state index in [0.717, 1.165) is 54.7 Å². The Hall–Kier alpha value is -2.78. The maximum Gasteiger partial charge on any atom is 0.303 e. The molecular formula is C36H53N5O4. The lowest BCUT2D eigenvalue weighted by molar-refractivity contribution is -0.136. The Bertz CT molecular complexity index is 1390. The van der Waals surface area contributed by atoms with Gasteiger partial charge in [-0.25, -0.2) is 4.98 Å². The fraction of sp³-hybridized carbons (Fsp3) is 0.722. The van der Waals surface area contributed by atoms with Crippen LogP contribution in [0, 0.1) is 17.8 Å². The van der Waals surface area contributed by atoms with Gasteiger partial charge in [0.05, 0.1) is 17.5 Å². The Morgan fingerprint density at radius 2 is 1.64 bits per heavy atom. The van der Waals surface area contributed by atoms with Crippen molar-refractivity contribution in [1.29, 1.82) is 0 Å². The lowest BCUT2D eigenvalue weighted by Crippen LogP contribution is -2.59. The molecule has 4 fully saturated rings. The van der Waals surface area contributed by atoms with Crippen LogP contribution in [-0.4, -0.2) is 80.5 Å². The molecule has 6 rings (SSSR count). The van der Waals surface area contributed by atoms with Crippen molar-refractivity contribution in [2.45, 2.75) is 122 Å². The lowest BCUT2D eigenvalue weighted by atomic mass is 9.65. The molecule has 2 aliphatic heterocycles. The number of rotatable bonds is 12. The summed E-state index contributed by atoms with van der Waals surface area (Å²) in [6.07, 6.45) is 12.5. The van der Waals surface area contributed by atoms with E-state index in [1.807, 2.05) is 28.8 Å². The molecule has 0 spiro atoms. The fourth-order valence-corrected chi connectivity index (χ4v) is 9.56. The number of benzene rings is 1. The predicted molar refractivity (Wildman–Crippen MR) is 178 cm³/mol. The van der Waals surface area contributed by atoms with Crippen molar-refractivity contribution in [2.75, 3.05) is 26.2 Å². The summed E-state index contributed by atoms with van der Waals surface area (Å²) in [5, 5.41) is 13.9. The van der Waals surface area contributed by atoms with E-state index in [2.05, 4.69) is 35.7 Å². The van der Waals surface area contributed by atoms with Crippen LogP contribution < -0.4 is 5.56 Å². The molecule has 1 aromatic carbocycles. The zero-order valence-corrected chi connectivity index (χ0v) is 27.6. The van der Waals surface area contributed by atoms with E-state index < -0.39 is 5.97 Å². The molecule has 0 amide bonds. The van der Waals surface area contributed by atoms with Crippen molar-refractivity contribution in [3.8, 4) is 0 Å². The first-order chi connectivity index (χ1) is 21.8. The van der Waals surface area contributed by atoms with Crippen LogP contribution in [0.4, 0.5) is 0 Å². The third kappa shape index (κ3) is 7.14. The smallest absolute Gasteiger partial charge is 0.303 e. The summed E-state index contributed by atoms with van der Waals surface area (Å²) >= 11 is 0. The monoisotopic (exact) mass is 619 g/mol. The highest BCUT2D eigenvalue weighted by molar-refractivity contribution is 6.00. The molecule has 4 aliphatic rings. The van der Waals surface area contributed by atoms with Gasteiger partial charge in [-0.15, -0.1) is 0 Å². The minimum atomic E-state index is -0.937. The van der Waals surface area contributed by atoms with Gasteiger partial charge in [-0.3, -0.25) is 14.5 Å². The van der Waals surface area contributed by atoms with Gasteiger partial charge in [0.2, 0.25) is 0 Å². The summed E-state index contributed by atoms with van der Waals surface area (Å²) in [6.45, 7) is 9.55. The number of carboxylic acids is 1. The molecule has 9 heteroatoms. The highest BCUT2D eigenvalue weighted by Crippen LogP contribution is 2.48. The van der Waals surface area contributed by atoms with E-state index >= 15 is 0 Å². The van der Waals surface area contributed by atoms with Crippen LogP contribution in [-0.2, 0) is 9.63 Å². The molecule has 9 nitrogen and oxygen atoms in total. The van der Waals surface area contributed by atoms with Crippen LogP contribution in [0.2, 0.25) is 0 Å². The van der Waals surface area contributed by atoms with Gasteiger partial charge in [-0.2, -0.15) is 0 Å². The number of para-hydroxylation sites is 2. The first-order valence-corrected chi connectivity index (χ1v) is 17.8. The van der Waals surface area contributed by atoms with Crippen LogP contribution in [0.5, 0.6) is 0 Å². The fourth-order valence-electron chi connectivity index (χ4n) is 9.56. The van der Waals surface area contributed by atoms with Crippen molar-refractivity contribution in [3.05, 3.63) is 40.3 Å². The SMILES string of the molecule is CCN(CC)CCO/N=C(\CCC(=O)O)c1nc2ccccc2n([C@H]2C[C@H]3CCC[C@@H](C2)N3[C@H]2C[C@@H]3C[C@@H](C)C[C@@H](C3)C2)c1=O. The third-order valence-electron chi connectivity index (χ3n) is 11.4. The summed E-state index contributed by atoms with van der Waals surface area (Å²) in [7, 11) is 0. The van der Waals surface area contributed by atoms with Crippen LogP contribution in [0.15, 0.2) is 34.2 Å². The number of carboxylic acid groups (broad SMARTS) is 1. The Morgan fingerprint density at radius 3 is 2.31 bits per heavy atom. The second-order valence-electron chi connectivity index (χ2n) is 14.4. The molecule has 2 saturated carbocycles. The zero-order valence-electron chi connectivity index (χ0n) is 27.6. The van der Waals surface area contributed by atoms with Gasteiger partial charge in [0.25, 0.3) is 5.56 Å². The molecule has 0 radical (unpaired) electrons. The van der Waals surface area contributed by atoms with E-state index in [-0.39, 0.29) is 30.1 Å². The normalized spacial score (nSPS) is 30.5. The quantitative estimate of drug-likeness (QED) is 0.174. The van der Waals surface area contributed by atoms with E-state index in [9.17, 15) is 14.7 Å². The summed E-state index contributed by atoms with van der Waals surface area (Å²) in [6, 6.07) is 9.62. The molecule has 246 valence electrons. The Kier molecular flexibility index (Phi) is 10.2. The summed E-state index contributed by atoms with van der Waals surface area (Å²) in [5.74, 6) is 1.69. The van der Waals surface area contributed by atoms with E-state index in [4.69, 9.17) is 9.82 Å². The van der Waals surface area contributed by atoms with Crippen LogP contribution >= 0.6 is 0 Å². The average molecular weight is 620 g/mol. The number of piperidine rings is 2. The molecule has 3 heterocycles. The minimum absolute atomic E-state index is 0.0723. The molecule has 45 heavy (non-hydrogen) atoms. The minimum Gasteiger partial charge on any atom is -0.481 e. The molecule has 7 atom stereocenters. The Balaban J connectivity index is 1.30. The average Bonchev–Trinajstić information content (AvgIpc) is 3.01. The summed E-state index contributed by atoms with van der Waals surface area (Å²) < 4.78 is 1.99. The molecule has 1 aromatic heterocycles. The lowest BCUT2D eigenvalue weighted by Gasteiger charge is -2.55. The van der Waals surface area contributed by atoms with E-state index in [1.165, 1.54) is 51.4 Å². The van der Waals surface area contributed by atoms with Crippen molar-refractivity contribution in [1.82, 2.24) is 19.4 Å². The molecule has 2 aliphatic carbocycles. The number of aliphatic carboxylic acids is 1. The second-order valence-corrected chi connectivity index (χ2v) is 14.4. The number of carbonyl (C=O) groups is 1. The molecule has 2 aromatic rings. The van der Waals surface area contributed by atoms with E-state index in [0.29, 0.717) is 37.0 Å². The predicted octanol–water partition coefficient (Wildman–Crippen LogP) is 6.10. The molecule has 4 bridgehead atoms. The topological polar surface area (TPSA) is 100 Å². The maximum absolute atomic E-state index is 14.5. The second kappa shape index (κ2) is 14.3. The highest BCUT2D eigenvalue weighted by atomic mass is 16.6. The Morgan fingerprint density at radius 1 is 0.956 bits per heavy atom. The van der Waals surface area contributed by atoms with Gasteiger partial charge in [-0.05, 0) is 101 Å². The first-order valence-electron chi connectivity index (χ1n) is 17.8. The number of fused-ring (bicyclic) bond motifs is 5. The van der Waals surface area contributed by atoms with Crippen molar-refractivity contribution in [3.63, 3.8) is 0 Å². The van der Waals surface area contributed by atoms with Gasteiger partial charge in [0, 0.05) is 37.1 Å². The standard InChI is InChI=1S/C36H53N5O4/c1-4-39(5-2)15-16-45-38-32(13-14-34(42)43)35-36(44)41(33-12-7-6-11-31(33)37-35)30-22-27-9-8-10-28(23-30)40(27)29-20-25-17-24(3)18-26(19-25)21-29/h6-7,11-12,24-30H,4-5,8-10,13-23H2,1-3H3,(H,42,43)/b38-32+/t24-,25-,26+,27-,28+,29+,30+. The number of aromatic nitrogens is 2. The number of hydrogen-bond acceptors (Lipinski definition) is 7. The molecule has 1 N–H and O–H groups in total. The summed E-state index contributed by atoms with van der Waals surface area (Å²) in [5.41, 5.74) is 1.95. The van der Waals surface area contributed by atoms with Crippen LogP contribution in [0.3, 0.4) is 0 Å². The van der Waals surface area contributed by atoms with Crippen molar-refractivity contribution in [2.24, 2.45) is 22.9 Å². The number of hydrogen-bond donors (Lipinski definition) is 1. The number of oxime groups is 1. The highest BCUT2D eigenvalue weighted by Gasteiger charge is 2.46. The van der Waals surface area contributed by atoms with Gasteiger partial charge in [0.15, 0.2) is 5.69 Å². The van der Waals surface area contributed by atoms with Gasteiger partial charge < -0.3 is 19.4 Å². The summed E-state index contributed by atoms with van der Waals surface area (Å²) in [4.78, 5) is 41.7.